The highest BCUT2D eigenvalue weighted by Crippen LogP contribution is 2.31. The minimum Gasteiger partial charge on any atom is -0.465 e. The van der Waals surface area contributed by atoms with Gasteiger partial charge in [-0.25, -0.2) is 0 Å². The molecule has 0 N–H and O–H groups in total. The quantitative estimate of drug-likeness (QED) is 0.720. The number of hydrogen-bond acceptors (Lipinski definition) is 4. The maximum Gasteiger partial charge on any atom is 0.326 e. The Labute approximate surface area is 113 Å². The second-order valence-corrected chi connectivity index (χ2v) is 5.51. The van der Waals surface area contributed by atoms with Crippen LogP contribution in [0.4, 0.5) is 0 Å². The van der Waals surface area contributed by atoms with Crippen molar-refractivity contribution in [2.24, 2.45) is 5.92 Å². The summed E-state index contributed by atoms with van der Waals surface area (Å²) in [6.45, 7) is 8.14. The molecule has 4 nitrogen and oxygen atoms in total. The standard InChI is InChI=1S/C13H21NO3S/c1-5-10-8-18-12(9(3)4)13(16)14(10)7-11(15)17-6-2/h8-9,12H,5-7H2,1-4H3/t12-/m0/s1. The number of carbonyl (C=O) groups excluding carboxylic acids is 2. The molecule has 1 aliphatic rings. The summed E-state index contributed by atoms with van der Waals surface area (Å²) in [5.41, 5.74) is 0.898. The summed E-state index contributed by atoms with van der Waals surface area (Å²) in [6, 6.07) is 0. The molecule has 1 aliphatic heterocycles. The van der Waals surface area contributed by atoms with Gasteiger partial charge in [-0.2, -0.15) is 0 Å². The van der Waals surface area contributed by atoms with Gasteiger partial charge in [-0.1, -0.05) is 20.8 Å². The predicted octanol–water partition coefficient (Wildman–Crippen LogP) is 2.40. The zero-order chi connectivity index (χ0) is 13.7. The SMILES string of the molecule is CCOC(=O)CN1C(=O)[C@H](C(C)C)SC=C1CC. The van der Waals surface area contributed by atoms with E-state index in [0.717, 1.165) is 12.1 Å². The Morgan fingerprint density at radius 2 is 2.17 bits per heavy atom. The van der Waals surface area contributed by atoms with Crippen LogP contribution in [-0.4, -0.2) is 35.2 Å². The largest absolute Gasteiger partial charge is 0.465 e. The Balaban J connectivity index is 2.83. The maximum absolute atomic E-state index is 12.3. The average Bonchev–Trinajstić information content (AvgIpc) is 2.31. The summed E-state index contributed by atoms with van der Waals surface area (Å²) in [5, 5.41) is 1.89. The van der Waals surface area contributed by atoms with E-state index in [1.807, 2.05) is 26.2 Å². The molecule has 0 saturated heterocycles. The Morgan fingerprint density at radius 3 is 2.67 bits per heavy atom. The fourth-order valence-electron chi connectivity index (χ4n) is 1.80. The first kappa shape index (κ1) is 15.1. The maximum atomic E-state index is 12.3. The van der Waals surface area contributed by atoms with Crippen molar-refractivity contribution >= 4 is 23.6 Å². The second-order valence-electron chi connectivity index (χ2n) is 4.49. The fourth-order valence-corrected chi connectivity index (χ4v) is 2.96. The van der Waals surface area contributed by atoms with Gasteiger partial charge in [0.15, 0.2) is 0 Å². The Bertz CT molecular complexity index is 352. The normalized spacial score (nSPS) is 20.1. The van der Waals surface area contributed by atoms with Crippen LogP contribution in [-0.2, 0) is 14.3 Å². The molecule has 0 aromatic rings. The molecule has 0 bridgehead atoms. The van der Waals surface area contributed by atoms with Crippen LogP contribution >= 0.6 is 11.8 Å². The monoisotopic (exact) mass is 271 g/mol. The molecule has 0 fully saturated rings. The lowest BCUT2D eigenvalue weighted by Crippen LogP contribution is -2.44. The lowest BCUT2D eigenvalue weighted by atomic mass is 10.1. The molecular weight excluding hydrogens is 250 g/mol. The van der Waals surface area contributed by atoms with E-state index in [4.69, 9.17) is 4.74 Å². The lowest BCUT2D eigenvalue weighted by Gasteiger charge is -2.33. The number of allylic oxidation sites excluding steroid dienone is 1. The number of carbonyl (C=O) groups is 2. The van der Waals surface area contributed by atoms with Gasteiger partial charge in [-0.05, 0) is 24.7 Å². The molecule has 1 heterocycles. The van der Waals surface area contributed by atoms with Gasteiger partial charge in [-0.15, -0.1) is 11.8 Å². The van der Waals surface area contributed by atoms with E-state index in [2.05, 4.69) is 0 Å². The first-order chi connectivity index (χ1) is 8.51. The molecule has 1 atom stereocenters. The topological polar surface area (TPSA) is 46.6 Å². The van der Waals surface area contributed by atoms with Crippen molar-refractivity contribution in [3.05, 3.63) is 11.1 Å². The third-order valence-corrected chi connectivity index (χ3v) is 4.21. The highest BCUT2D eigenvalue weighted by molar-refractivity contribution is 8.03. The number of nitrogens with zero attached hydrogens (tertiary/aromatic N) is 1. The molecule has 0 unspecified atom stereocenters. The first-order valence-corrected chi connectivity index (χ1v) is 7.27. The van der Waals surface area contributed by atoms with Crippen LogP contribution < -0.4 is 0 Å². The molecule has 0 aromatic carbocycles. The van der Waals surface area contributed by atoms with Crippen LogP contribution in [0.15, 0.2) is 11.1 Å². The zero-order valence-corrected chi connectivity index (χ0v) is 12.3. The van der Waals surface area contributed by atoms with E-state index < -0.39 is 0 Å². The van der Waals surface area contributed by atoms with Crippen molar-refractivity contribution < 1.29 is 14.3 Å². The van der Waals surface area contributed by atoms with Crippen LogP contribution in [0.1, 0.15) is 34.1 Å². The van der Waals surface area contributed by atoms with Crippen molar-refractivity contribution in [2.45, 2.75) is 39.4 Å². The number of esters is 1. The van der Waals surface area contributed by atoms with Crippen LogP contribution in [0, 0.1) is 5.92 Å². The summed E-state index contributed by atoms with van der Waals surface area (Å²) in [5.74, 6) is -0.0798. The van der Waals surface area contributed by atoms with Crippen molar-refractivity contribution in [3.63, 3.8) is 0 Å². The van der Waals surface area contributed by atoms with Crippen molar-refractivity contribution in [3.8, 4) is 0 Å². The van der Waals surface area contributed by atoms with Gasteiger partial charge < -0.3 is 9.64 Å². The van der Waals surface area contributed by atoms with Crippen LogP contribution in [0.2, 0.25) is 0 Å². The fraction of sp³-hybridized carbons (Fsp3) is 0.692. The molecule has 0 saturated carbocycles. The predicted molar refractivity (Wildman–Crippen MR) is 72.9 cm³/mol. The molecule has 0 aliphatic carbocycles. The van der Waals surface area contributed by atoms with Crippen LogP contribution in [0.3, 0.4) is 0 Å². The Morgan fingerprint density at radius 1 is 1.50 bits per heavy atom. The summed E-state index contributed by atoms with van der Waals surface area (Å²) >= 11 is 1.55. The molecule has 5 heteroatoms. The van der Waals surface area contributed by atoms with Crippen molar-refractivity contribution in [1.29, 1.82) is 0 Å². The van der Waals surface area contributed by atoms with E-state index >= 15 is 0 Å². The lowest BCUT2D eigenvalue weighted by molar-refractivity contribution is -0.147. The minimum absolute atomic E-state index is 0.0161. The van der Waals surface area contributed by atoms with Gasteiger partial charge in [0.1, 0.15) is 6.54 Å². The summed E-state index contributed by atoms with van der Waals surface area (Å²) in [6.07, 6.45) is 0.739. The number of rotatable bonds is 5. The van der Waals surface area contributed by atoms with Gasteiger partial charge in [0.05, 0.1) is 11.9 Å². The number of thioether (sulfide) groups is 1. The summed E-state index contributed by atoms with van der Waals surface area (Å²) in [7, 11) is 0. The molecule has 1 amide bonds. The van der Waals surface area contributed by atoms with Crippen molar-refractivity contribution in [2.75, 3.05) is 13.2 Å². The Hall–Kier alpha value is -0.970. The second kappa shape index (κ2) is 6.83. The molecule has 1 rings (SSSR count). The highest BCUT2D eigenvalue weighted by Gasteiger charge is 2.33. The van der Waals surface area contributed by atoms with Gasteiger partial charge >= 0.3 is 5.97 Å². The van der Waals surface area contributed by atoms with E-state index in [1.165, 1.54) is 0 Å². The molecule has 102 valence electrons. The van der Waals surface area contributed by atoms with Gasteiger partial charge in [0.25, 0.3) is 0 Å². The molecule has 0 radical (unpaired) electrons. The molecule has 0 aromatic heterocycles. The summed E-state index contributed by atoms with van der Waals surface area (Å²) < 4.78 is 4.91. The molecule has 0 spiro atoms. The van der Waals surface area contributed by atoms with E-state index in [9.17, 15) is 9.59 Å². The molecule has 18 heavy (non-hydrogen) atoms. The van der Waals surface area contributed by atoms with Gasteiger partial charge in [0, 0.05) is 5.70 Å². The Kier molecular flexibility index (Phi) is 5.72. The molecular formula is C13H21NO3S. The number of ether oxygens (including phenoxy) is 1. The highest BCUT2D eigenvalue weighted by atomic mass is 32.2. The zero-order valence-electron chi connectivity index (χ0n) is 11.4. The van der Waals surface area contributed by atoms with Crippen molar-refractivity contribution in [1.82, 2.24) is 4.90 Å². The van der Waals surface area contributed by atoms with Gasteiger partial charge in [0.2, 0.25) is 5.91 Å². The van der Waals surface area contributed by atoms with Crippen LogP contribution in [0.5, 0.6) is 0 Å². The third kappa shape index (κ3) is 3.51. The minimum atomic E-state index is -0.348. The van der Waals surface area contributed by atoms with E-state index in [-0.39, 0.29) is 29.6 Å². The first-order valence-electron chi connectivity index (χ1n) is 6.32. The number of amides is 1. The van der Waals surface area contributed by atoms with Gasteiger partial charge in [-0.3, -0.25) is 9.59 Å². The smallest absolute Gasteiger partial charge is 0.326 e. The van der Waals surface area contributed by atoms with Crippen LogP contribution in [0.25, 0.3) is 0 Å². The third-order valence-electron chi connectivity index (χ3n) is 2.77. The number of hydrogen-bond donors (Lipinski definition) is 0. The summed E-state index contributed by atoms with van der Waals surface area (Å²) in [4.78, 5) is 25.4. The average molecular weight is 271 g/mol. The van der Waals surface area contributed by atoms with E-state index in [1.54, 1.807) is 23.6 Å². The van der Waals surface area contributed by atoms with E-state index in [0.29, 0.717) is 6.61 Å².